The Hall–Kier alpha value is -3.12. The zero-order chi connectivity index (χ0) is 28.0. The van der Waals surface area contributed by atoms with Crippen LogP contribution < -0.4 is 11.1 Å². The number of carbonyl (C=O) groups excluding carboxylic acids is 1. The van der Waals surface area contributed by atoms with Crippen molar-refractivity contribution in [3.05, 3.63) is 57.8 Å². The van der Waals surface area contributed by atoms with E-state index in [9.17, 15) is 27.5 Å². The number of nitrogens with one attached hydrogen (secondary N) is 1. The molecule has 5 rings (SSSR count). The van der Waals surface area contributed by atoms with Crippen molar-refractivity contribution in [2.24, 2.45) is 25.9 Å². The molecule has 2 atom stereocenters. The maximum Gasteiger partial charge on any atom is 0.435 e. The van der Waals surface area contributed by atoms with Crippen molar-refractivity contribution >= 4 is 29.4 Å². The normalized spacial score (nSPS) is 24.6. The van der Waals surface area contributed by atoms with Gasteiger partial charge >= 0.3 is 6.18 Å². The minimum absolute atomic E-state index is 0.0560. The molecule has 2 saturated carbocycles. The van der Waals surface area contributed by atoms with Crippen LogP contribution >= 0.6 is 11.6 Å². The smallest absolute Gasteiger partial charge is 0.388 e. The molecule has 2 aliphatic rings. The van der Waals surface area contributed by atoms with Crippen molar-refractivity contribution in [1.82, 2.24) is 19.6 Å². The molecule has 3 aromatic rings. The Kier molecular flexibility index (Phi) is 7.50. The van der Waals surface area contributed by atoms with Crippen LogP contribution in [0.25, 0.3) is 0 Å². The summed E-state index contributed by atoms with van der Waals surface area (Å²) in [4.78, 5) is 11.4. The average Bonchev–Trinajstić information content (AvgIpc) is 3.57. The molecule has 0 aliphatic heterocycles. The van der Waals surface area contributed by atoms with E-state index in [0.717, 1.165) is 22.7 Å². The van der Waals surface area contributed by atoms with E-state index in [1.807, 2.05) is 0 Å². The number of rotatable bonds is 4. The van der Waals surface area contributed by atoms with Gasteiger partial charge in [0.2, 0.25) is 0 Å². The highest BCUT2D eigenvalue weighted by Crippen LogP contribution is 2.57. The second-order valence-electron chi connectivity index (χ2n) is 9.97. The fourth-order valence-corrected chi connectivity index (χ4v) is 5.97. The molecule has 2 aromatic heterocycles. The number of nitrogens with zero attached hydrogens (tertiary/aromatic N) is 4. The fraction of sp³-hybridized carbons (Fsp3) is 0.480. The van der Waals surface area contributed by atoms with E-state index < -0.39 is 17.5 Å². The SMILES string of the molecule is CNc1ccc(F)c(Cl)c1.Cn1nc(C(F)(F)F)cc1C1(O)CC2CC(c3nn(C)c(N)c3C=O)CC2C1. The van der Waals surface area contributed by atoms with E-state index in [1.165, 1.54) is 23.9 Å². The average molecular weight is 557 g/mol. The van der Waals surface area contributed by atoms with Gasteiger partial charge in [-0.15, -0.1) is 0 Å². The Labute approximate surface area is 221 Å². The predicted octanol–water partition coefficient (Wildman–Crippen LogP) is 4.88. The van der Waals surface area contributed by atoms with Gasteiger partial charge in [0.05, 0.1) is 22.0 Å². The molecule has 0 bridgehead atoms. The van der Waals surface area contributed by atoms with Crippen molar-refractivity contribution < 1.29 is 27.5 Å². The highest BCUT2D eigenvalue weighted by molar-refractivity contribution is 6.31. The predicted molar refractivity (Wildman–Crippen MR) is 134 cm³/mol. The number of nitrogens with two attached hydrogens (primary N) is 1. The van der Waals surface area contributed by atoms with Crippen LogP contribution in [0.15, 0.2) is 24.3 Å². The van der Waals surface area contributed by atoms with E-state index >= 15 is 0 Å². The summed E-state index contributed by atoms with van der Waals surface area (Å²) in [6.07, 6.45) is -1.66. The molecular weight excluding hydrogens is 528 g/mol. The number of benzene rings is 1. The Bertz CT molecular complexity index is 1320. The minimum atomic E-state index is -4.55. The molecule has 0 amide bonds. The first-order valence-electron chi connectivity index (χ1n) is 12.0. The summed E-state index contributed by atoms with van der Waals surface area (Å²) in [5.74, 6) is 0.276. The number of hydrogen-bond acceptors (Lipinski definition) is 6. The standard InChI is InChI=1S/C18H22F3N5O2.C7H7ClFN/c1-25-14(5-13(23-25)18(19,20)21)17(28)6-10-3-9(4-11(10)7-17)15-12(8-27)16(22)26(2)24-15;1-10-5-2-3-7(9)6(8)4-5/h5,8-11,28H,3-4,6-7,22H2,1-2H3;2-4,10H,1H3. The highest BCUT2D eigenvalue weighted by atomic mass is 35.5. The van der Waals surface area contributed by atoms with Gasteiger partial charge in [0.25, 0.3) is 0 Å². The van der Waals surface area contributed by atoms with E-state index in [2.05, 4.69) is 15.5 Å². The number of aromatic nitrogens is 4. The van der Waals surface area contributed by atoms with Crippen LogP contribution in [0.1, 0.15) is 59.0 Å². The summed E-state index contributed by atoms with van der Waals surface area (Å²) < 4.78 is 54.0. The van der Waals surface area contributed by atoms with E-state index in [-0.39, 0.29) is 34.3 Å². The van der Waals surface area contributed by atoms with Crippen LogP contribution in [0.3, 0.4) is 0 Å². The first-order valence-corrected chi connectivity index (χ1v) is 12.4. The summed E-state index contributed by atoms with van der Waals surface area (Å²) in [5.41, 5.74) is 5.66. The van der Waals surface area contributed by atoms with Crippen molar-refractivity contribution in [3.63, 3.8) is 0 Å². The number of anilines is 2. The molecule has 0 radical (unpaired) electrons. The van der Waals surface area contributed by atoms with Gasteiger partial charge in [0.15, 0.2) is 12.0 Å². The maximum absolute atomic E-state index is 13.0. The van der Waals surface area contributed by atoms with E-state index in [0.29, 0.717) is 42.8 Å². The van der Waals surface area contributed by atoms with Gasteiger partial charge in [-0.05, 0) is 61.8 Å². The molecule has 2 aliphatic carbocycles. The van der Waals surface area contributed by atoms with E-state index in [1.54, 1.807) is 20.2 Å². The number of halogens is 5. The number of aliphatic hydroxyl groups is 1. The topological polar surface area (TPSA) is 111 Å². The van der Waals surface area contributed by atoms with Crippen LogP contribution in [0, 0.1) is 17.7 Å². The van der Waals surface area contributed by atoms with Crippen LogP contribution in [0.4, 0.5) is 29.1 Å². The second kappa shape index (κ2) is 10.2. The van der Waals surface area contributed by atoms with Crippen LogP contribution in [-0.2, 0) is 25.9 Å². The maximum atomic E-state index is 13.0. The third kappa shape index (κ3) is 5.24. The lowest BCUT2D eigenvalue weighted by Crippen LogP contribution is -2.26. The van der Waals surface area contributed by atoms with Gasteiger partial charge in [0.1, 0.15) is 17.2 Å². The Morgan fingerprint density at radius 1 is 1.16 bits per heavy atom. The molecule has 1 aromatic carbocycles. The molecule has 2 fully saturated rings. The molecule has 8 nitrogen and oxygen atoms in total. The highest BCUT2D eigenvalue weighted by Gasteiger charge is 2.52. The van der Waals surface area contributed by atoms with Crippen LogP contribution in [0.5, 0.6) is 0 Å². The quantitative estimate of drug-likeness (QED) is 0.312. The molecule has 38 heavy (non-hydrogen) atoms. The Balaban J connectivity index is 0.000000283. The zero-order valence-corrected chi connectivity index (χ0v) is 21.8. The van der Waals surface area contributed by atoms with E-state index in [4.69, 9.17) is 17.3 Å². The molecule has 0 spiro atoms. The van der Waals surface area contributed by atoms with Gasteiger partial charge in [-0.2, -0.15) is 23.4 Å². The minimum Gasteiger partial charge on any atom is -0.388 e. The zero-order valence-electron chi connectivity index (χ0n) is 21.1. The fourth-order valence-electron chi connectivity index (χ4n) is 5.79. The second-order valence-corrected chi connectivity index (χ2v) is 10.4. The summed E-state index contributed by atoms with van der Waals surface area (Å²) in [7, 11) is 4.86. The molecule has 0 saturated heterocycles. The molecular formula is C25H29ClF4N6O2. The number of hydrogen-bond donors (Lipinski definition) is 3. The molecule has 206 valence electrons. The lowest BCUT2D eigenvalue weighted by molar-refractivity contribution is -0.141. The number of fused-ring (bicyclic) bond motifs is 1. The summed E-state index contributed by atoms with van der Waals surface area (Å²) in [6, 6.07) is 5.44. The van der Waals surface area contributed by atoms with Gasteiger partial charge < -0.3 is 16.2 Å². The lowest BCUT2D eigenvalue weighted by atomic mass is 9.89. The number of alkyl halides is 3. The number of aldehydes is 1. The van der Waals surface area contributed by atoms with Gasteiger partial charge in [-0.3, -0.25) is 14.2 Å². The first kappa shape index (κ1) is 27.9. The summed E-state index contributed by atoms with van der Waals surface area (Å²) >= 11 is 5.48. The van der Waals surface area contributed by atoms with Crippen molar-refractivity contribution in [2.75, 3.05) is 18.1 Å². The Morgan fingerprint density at radius 3 is 2.29 bits per heavy atom. The van der Waals surface area contributed by atoms with Crippen molar-refractivity contribution in [3.8, 4) is 0 Å². The third-order valence-electron chi connectivity index (χ3n) is 7.56. The molecule has 13 heteroatoms. The van der Waals surface area contributed by atoms with Gasteiger partial charge in [-0.25, -0.2) is 4.39 Å². The Morgan fingerprint density at radius 2 is 1.79 bits per heavy atom. The number of carbonyl (C=O) groups is 1. The molecule has 2 unspecified atom stereocenters. The lowest BCUT2D eigenvalue weighted by Gasteiger charge is -2.24. The summed E-state index contributed by atoms with van der Waals surface area (Å²) in [5, 5.41) is 22.0. The largest absolute Gasteiger partial charge is 0.435 e. The number of nitrogen functional groups attached to an aromatic ring is 1. The summed E-state index contributed by atoms with van der Waals surface area (Å²) in [6.45, 7) is 0. The number of aryl methyl sites for hydroxylation is 2. The van der Waals surface area contributed by atoms with Gasteiger partial charge in [0, 0.05) is 32.7 Å². The van der Waals surface area contributed by atoms with Gasteiger partial charge in [-0.1, -0.05) is 11.6 Å². The molecule has 4 N–H and O–H groups in total. The van der Waals surface area contributed by atoms with Crippen LogP contribution in [0.2, 0.25) is 5.02 Å². The van der Waals surface area contributed by atoms with Crippen LogP contribution in [-0.4, -0.2) is 38.0 Å². The molecule has 2 heterocycles. The van der Waals surface area contributed by atoms with Crippen molar-refractivity contribution in [1.29, 1.82) is 0 Å². The monoisotopic (exact) mass is 556 g/mol. The van der Waals surface area contributed by atoms with Crippen molar-refractivity contribution in [2.45, 2.75) is 43.4 Å². The third-order valence-corrected chi connectivity index (χ3v) is 7.85. The first-order chi connectivity index (χ1) is 17.8.